The van der Waals surface area contributed by atoms with E-state index in [1.54, 1.807) is 34.1 Å². The molecule has 1 N–H and O–H groups in total. The molecule has 0 unspecified atom stereocenters. The Bertz CT molecular complexity index is 2640. The number of piperidine rings is 1. The molecule has 5 aromatic rings. The second-order valence-electron chi connectivity index (χ2n) is 17.2. The number of H-pyrrole nitrogens is 1. The van der Waals surface area contributed by atoms with Crippen molar-refractivity contribution in [3.63, 3.8) is 0 Å². The number of nitro benzene ring substituents is 1. The number of rotatable bonds is 13. The van der Waals surface area contributed by atoms with Gasteiger partial charge >= 0.3 is 6.18 Å². The van der Waals surface area contributed by atoms with Gasteiger partial charge in [0.1, 0.15) is 24.0 Å². The Hall–Kier alpha value is -6.31. The van der Waals surface area contributed by atoms with Crippen molar-refractivity contribution >= 4 is 28.3 Å². The number of benzene rings is 4. The van der Waals surface area contributed by atoms with Crippen LogP contribution in [0.25, 0.3) is 10.8 Å². The van der Waals surface area contributed by atoms with E-state index in [1.165, 1.54) is 36.4 Å². The second kappa shape index (κ2) is 20.1. The van der Waals surface area contributed by atoms with Crippen LogP contribution in [-0.4, -0.2) is 130 Å². The van der Waals surface area contributed by atoms with Crippen LogP contribution in [-0.2, 0) is 30.5 Å². The maximum Gasteiger partial charge on any atom is 0.419 e. The quantitative estimate of drug-likeness (QED) is 0.0834. The Balaban J connectivity index is 0.762. The van der Waals surface area contributed by atoms with Crippen molar-refractivity contribution in [3.8, 4) is 5.75 Å². The number of alkyl halides is 3. The zero-order chi connectivity index (χ0) is 46.5. The molecule has 2 amide bonds. The number of fused-ring (bicyclic) bond motifs is 1. The lowest BCUT2D eigenvalue weighted by Crippen LogP contribution is -2.53. The molecule has 3 aliphatic rings. The van der Waals surface area contributed by atoms with Gasteiger partial charge in [-0.05, 0) is 79.4 Å². The van der Waals surface area contributed by atoms with E-state index in [4.69, 9.17) is 4.74 Å². The normalized spacial score (nSPS) is 17.0. The van der Waals surface area contributed by atoms with Crippen molar-refractivity contribution < 1.29 is 41.2 Å². The number of hydrogen-bond donors (Lipinski definition) is 1. The number of non-ortho nitro benzene ring substituents is 1. The third-order valence-electron chi connectivity index (χ3n) is 12.8. The molecule has 3 fully saturated rings. The Labute approximate surface area is 376 Å². The van der Waals surface area contributed by atoms with Crippen LogP contribution >= 0.6 is 0 Å². The number of nitro groups is 1. The van der Waals surface area contributed by atoms with Gasteiger partial charge in [0.15, 0.2) is 0 Å². The van der Waals surface area contributed by atoms with Crippen LogP contribution in [0.1, 0.15) is 51.1 Å². The molecule has 14 nitrogen and oxygen atoms in total. The molecular weight excluding hydrogens is 868 g/mol. The number of ether oxygens (including phenoxy) is 1. The number of carbonyl (C=O) groups is 2. The van der Waals surface area contributed by atoms with E-state index in [1.807, 2.05) is 6.07 Å². The molecule has 0 radical (unpaired) electrons. The summed E-state index contributed by atoms with van der Waals surface area (Å²) in [5.41, 5.74) is 0.0287. The van der Waals surface area contributed by atoms with Crippen molar-refractivity contribution in [1.82, 2.24) is 34.7 Å². The van der Waals surface area contributed by atoms with E-state index >= 15 is 4.39 Å². The summed E-state index contributed by atoms with van der Waals surface area (Å²) in [6.45, 7) is 6.98. The van der Waals surface area contributed by atoms with Crippen LogP contribution in [0.3, 0.4) is 0 Å². The van der Waals surface area contributed by atoms with Gasteiger partial charge in [-0.1, -0.05) is 30.3 Å². The first-order chi connectivity index (χ1) is 31.7. The minimum atomic E-state index is -4.86. The van der Waals surface area contributed by atoms with Gasteiger partial charge in [0, 0.05) is 95.0 Å². The largest absolute Gasteiger partial charge is 0.489 e. The highest BCUT2D eigenvalue weighted by Crippen LogP contribution is 2.33. The summed E-state index contributed by atoms with van der Waals surface area (Å²) in [7, 11) is 0. The van der Waals surface area contributed by atoms with Crippen molar-refractivity contribution in [3.05, 3.63) is 144 Å². The van der Waals surface area contributed by atoms with Crippen LogP contribution in [0.5, 0.6) is 5.75 Å². The third-order valence-corrected chi connectivity index (χ3v) is 12.8. The monoisotopic (exact) mass is 916 g/mol. The zero-order valence-corrected chi connectivity index (χ0v) is 36.1. The highest BCUT2D eigenvalue weighted by atomic mass is 19.4. The molecule has 0 aliphatic carbocycles. The Kier molecular flexibility index (Phi) is 14.0. The molecular formula is C47H49F5N8O6. The van der Waals surface area contributed by atoms with E-state index in [-0.39, 0.29) is 60.9 Å². The predicted molar refractivity (Wildman–Crippen MR) is 234 cm³/mol. The lowest BCUT2D eigenvalue weighted by Gasteiger charge is -2.39. The number of amides is 2. The molecule has 0 spiro atoms. The van der Waals surface area contributed by atoms with Gasteiger partial charge in [-0.2, -0.15) is 18.3 Å². The summed E-state index contributed by atoms with van der Waals surface area (Å²) in [5.74, 6) is -1.72. The number of halogens is 5. The van der Waals surface area contributed by atoms with Gasteiger partial charge in [0.05, 0.1) is 33.7 Å². The molecule has 1 aromatic heterocycles. The molecule has 19 heteroatoms. The number of piperazine rings is 2. The average Bonchev–Trinajstić information content (AvgIpc) is 3.31. The standard InChI is InChI=1S/C47H49F5N8O6/c48-40-8-5-32(25-42-36-3-1-2-4-37(36)45(62)54-53-42)23-38(40)46(63)59-21-19-58(20-22-59)44(61)29-55-13-11-31(12-14-55)27-56-15-17-57(18-16-56)28-34-26-35(60(64)65)7-10-43(34)66-30-33-6-9-41(49)39(24-33)47(50,51)52/h1-10,23-24,26,31H,11-22,25,27-30H2,(H,54,62). The minimum absolute atomic E-state index is 0.00571. The van der Waals surface area contributed by atoms with Gasteiger partial charge in [0.2, 0.25) is 5.91 Å². The van der Waals surface area contributed by atoms with E-state index in [2.05, 4.69) is 24.9 Å². The summed E-state index contributed by atoms with van der Waals surface area (Å²) in [6.07, 6.45) is -2.71. The lowest BCUT2D eigenvalue weighted by atomic mass is 9.96. The van der Waals surface area contributed by atoms with Crippen LogP contribution in [0, 0.1) is 27.7 Å². The number of nitrogens with one attached hydrogen (secondary N) is 1. The summed E-state index contributed by atoms with van der Waals surface area (Å²) in [5, 5.41) is 19.5. The molecule has 3 aliphatic heterocycles. The van der Waals surface area contributed by atoms with Gasteiger partial charge in [-0.25, -0.2) is 13.9 Å². The fourth-order valence-electron chi connectivity index (χ4n) is 9.01. The topological polar surface area (TPSA) is 148 Å². The third kappa shape index (κ3) is 11.0. The van der Waals surface area contributed by atoms with Gasteiger partial charge < -0.3 is 19.4 Å². The summed E-state index contributed by atoms with van der Waals surface area (Å²) in [6, 6.07) is 18.3. The Morgan fingerprint density at radius 3 is 2.15 bits per heavy atom. The maximum absolute atomic E-state index is 15.0. The van der Waals surface area contributed by atoms with E-state index in [0.717, 1.165) is 51.6 Å². The number of likely N-dealkylation sites (tertiary alicyclic amines) is 1. The van der Waals surface area contributed by atoms with Crippen LogP contribution in [0.2, 0.25) is 0 Å². The van der Waals surface area contributed by atoms with Crippen molar-refractivity contribution in [2.45, 2.75) is 38.6 Å². The van der Waals surface area contributed by atoms with Crippen molar-refractivity contribution in [2.24, 2.45) is 5.92 Å². The second-order valence-corrected chi connectivity index (χ2v) is 17.2. The molecule has 4 aromatic carbocycles. The van der Waals surface area contributed by atoms with Gasteiger partial charge in [-0.15, -0.1) is 0 Å². The highest BCUT2D eigenvalue weighted by Gasteiger charge is 2.34. The number of nitrogens with zero attached hydrogens (tertiary/aromatic N) is 7. The number of aromatic nitrogens is 2. The molecule has 0 saturated carbocycles. The molecule has 8 rings (SSSR count). The smallest absolute Gasteiger partial charge is 0.419 e. The Morgan fingerprint density at radius 1 is 0.773 bits per heavy atom. The summed E-state index contributed by atoms with van der Waals surface area (Å²) < 4.78 is 74.5. The van der Waals surface area contributed by atoms with Crippen LogP contribution < -0.4 is 10.3 Å². The fourth-order valence-corrected chi connectivity index (χ4v) is 9.01. The summed E-state index contributed by atoms with van der Waals surface area (Å²) >= 11 is 0. The van der Waals surface area contributed by atoms with Crippen LogP contribution in [0.4, 0.5) is 27.6 Å². The Morgan fingerprint density at radius 2 is 1.44 bits per heavy atom. The molecule has 3 saturated heterocycles. The lowest BCUT2D eigenvalue weighted by molar-refractivity contribution is -0.385. The van der Waals surface area contributed by atoms with Crippen molar-refractivity contribution in [1.29, 1.82) is 0 Å². The zero-order valence-electron chi connectivity index (χ0n) is 36.1. The summed E-state index contributed by atoms with van der Waals surface area (Å²) in [4.78, 5) is 60.3. The number of aromatic amines is 1. The first kappa shape index (κ1) is 46.2. The van der Waals surface area contributed by atoms with E-state index in [0.29, 0.717) is 78.1 Å². The molecule has 348 valence electrons. The average molecular weight is 917 g/mol. The molecule has 0 bridgehead atoms. The first-order valence-corrected chi connectivity index (χ1v) is 21.9. The van der Waals surface area contributed by atoms with Crippen molar-refractivity contribution in [2.75, 3.05) is 78.5 Å². The molecule has 66 heavy (non-hydrogen) atoms. The van der Waals surface area contributed by atoms with Gasteiger partial charge in [-0.3, -0.25) is 34.3 Å². The molecule has 4 heterocycles. The first-order valence-electron chi connectivity index (χ1n) is 21.9. The fraction of sp³-hybridized carbons (Fsp3) is 0.404. The minimum Gasteiger partial charge on any atom is -0.489 e. The highest BCUT2D eigenvalue weighted by molar-refractivity contribution is 5.95. The van der Waals surface area contributed by atoms with Gasteiger partial charge in [0.25, 0.3) is 17.2 Å². The number of hydrogen-bond acceptors (Lipinski definition) is 10. The molecule has 0 atom stereocenters. The maximum atomic E-state index is 15.0. The number of carbonyl (C=O) groups excluding carboxylic acids is 2. The van der Waals surface area contributed by atoms with E-state index < -0.39 is 34.2 Å². The predicted octanol–water partition coefficient (Wildman–Crippen LogP) is 6.11. The SMILES string of the molecule is O=C(CN1CCC(CN2CCN(Cc3cc([N+](=O)[O-])ccc3OCc3ccc(F)c(C(F)(F)F)c3)CC2)CC1)N1CCN(C(=O)c2cc(Cc3n[nH]c(=O)c4ccccc34)ccc2F)CC1. The van der Waals surface area contributed by atoms with Crippen LogP contribution in [0.15, 0.2) is 83.7 Å². The van der Waals surface area contributed by atoms with E-state index in [9.17, 15) is 42.1 Å².